The number of hydrogen-bond donors (Lipinski definition) is 1. The summed E-state index contributed by atoms with van der Waals surface area (Å²) in [6.45, 7) is 2.17. The summed E-state index contributed by atoms with van der Waals surface area (Å²) in [6, 6.07) is 14.6. The Kier molecular flexibility index (Phi) is 5.38. The van der Waals surface area contributed by atoms with Crippen LogP contribution in [0.25, 0.3) is 17.1 Å². The molecule has 1 heterocycles. The van der Waals surface area contributed by atoms with E-state index in [1.807, 2.05) is 24.3 Å². The van der Waals surface area contributed by atoms with Crippen molar-refractivity contribution in [2.45, 2.75) is 13.5 Å². The van der Waals surface area contributed by atoms with E-state index in [0.717, 1.165) is 16.6 Å². The Morgan fingerprint density at radius 2 is 1.92 bits per heavy atom. The Balaban J connectivity index is 1.60. The molecule has 1 amide bonds. The number of fused-ring (bicyclic) bond motifs is 1. The van der Waals surface area contributed by atoms with Gasteiger partial charge in [0.2, 0.25) is 5.91 Å². The van der Waals surface area contributed by atoms with Gasteiger partial charge in [0, 0.05) is 11.8 Å². The van der Waals surface area contributed by atoms with Gasteiger partial charge in [-0.1, -0.05) is 29.5 Å². The first-order valence-electron chi connectivity index (χ1n) is 8.18. The number of anilines is 1. The normalized spacial score (nSPS) is 11.0. The monoisotopic (exact) mass is 350 g/mol. The molecule has 0 saturated heterocycles. The maximum absolute atomic E-state index is 12.2. The van der Waals surface area contributed by atoms with E-state index in [9.17, 15) is 9.59 Å². The van der Waals surface area contributed by atoms with Crippen LogP contribution in [-0.2, 0) is 20.9 Å². The van der Waals surface area contributed by atoms with Gasteiger partial charge in [-0.25, -0.2) is 9.48 Å². The first-order valence-corrected chi connectivity index (χ1v) is 8.18. The highest BCUT2D eigenvalue weighted by molar-refractivity contribution is 5.91. The van der Waals surface area contributed by atoms with Gasteiger partial charge in [0.1, 0.15) is 12.1 Å². The van der Waals surface area contributed by atoms with Crippen molar-refractivity contribution in [3.63, 3.8) is 0 Å². The Morgan fingerprint density at radius 3 is 2.69 bits per heavy atom. The fraction of sp³-hybridized carbons (Fsp3) is 0.158. The molecule has 7 nitrogen and oxygen atoms in total. The van der Waals surface area contributed by atoms with Gasteiger partial charge in [0.05, 0.1) is 12.1 Å². The summed E-state index contributed by atoms with van der Waals surface area (Å²) >= 11 is 0. The Bertz CT molecular complexity index is 945. The minimum atomic E-state index is -0.384. The van der Waals surface area contributed by atoms with Gasteiger partial charge in [0.25, 0.3) is 0 Å². The van der Waals surface area contributed by atoms with Crippen molar-refractivity contribution in [3.8, 4) is 0 Å². The molecule has 7 heteroatoms. The summed E-state index contributed by atoms with van der Waals surface area (Å²) in [6.07, 6.45) is 3.03. The number of carbonyl (C=O) groups is 2. The van der Waals surface area contributed by atoms with E-state index < -0.39 is 0 Å². The third kappa shape index (κ3) is 4.32. The zero-order valence-corrected chi connectivity index (χ0v) is 14.3. The van der Waals surface area contributed by atoms with Crippen molar-refractivity contribution in [3.05, 3.63) is 60.2 Å². The van der Waals surface area contributed by atoms with Gasteiger partial charge >= 0.3 is 5.97 Å². The predicted octanol–water partition coefficient (Wildman–Crippen LogP) is 2.65. The van der Waals surface area contributed by atoms with Crippen LogP contribution in [0.3, 0.4) is 0 Å². The van der Waals surface area contributed by atoms with Crippen LogP contribution in [0.1, 0.15) is 12.5 Å². The Morgan fingerprint density at radius 1 is 1.15 bits per heavy atom. The van der Waals surface area contributed by atoms with E-state index in [1.165, 1.54) is 6.08 Å². The lowest BCUT2D eigenvalue weighted by Crippen LogP contribution is -2.19. The van der Waals surface area contributed by atoms with Crippen LogP contribution >= 0.6 is 0 Å². The van der Waals surface area contributed by atoms with Crippen molar-refractivity contribution >= 4 is 34.7 Å². The van der Waals surface area contributed by atoms with Gasteiger partial charge in [-0.2, -0.15) is 0 Å². The number of para-hydroxylation sites is 1. The molecule has 0 spiro atoms. The second-order valence-corrected chi connectivity index (χ2v) is 5.49. The van der Waals surface area contributed by atoms with Crippen LogP contribution < -0.4 is 5.32 Å². The number of nitrogens with zero attached hydrogens (tertiary/aromatic N) is 3. The van der Waals surface area contributed by atoms with Crippen molar-refractivity contribution < 1.29 is 14.3 Å². The average Bonchev–Trinajstić information content (AvgIpc) is 3.04. The van der Waals surface area contributed by atoms with E-state index in [1.54, 1.807) is 41.9 Å². The molecule has 26 heavy (non-hydrogen) atoms. The molecule has 0 aliphatic carbocycles. The van der Waals surface area contributed by atoms with E-state index in [2.05, 4.69) is 15.6 Å². The Hall–Kier alpha value is -3.48. The van der Waals surface area contributed by atoms with Crippen LogP contribution in [0, 0.1) is 0 Å². The number of nitrogens with one attached hydrogen (secondary N) is 1. The number of aromatic nitrogens is 3. The summed E-state index contributed by atoms with van der Waals surface area (Å²) in [5.74, 6) is -0.583. The molecule has 0 bridgehead atoms. The van der Waals surface area contributed by atoms with Crippen molar-refractivity contribution in [1.29, 1.82) is 0 Å². The highest BCUT2D eigenvalue weighted by Crippen LogP contribution is 2.12. The lowest BCUT2D eigenvalue weighted by molar-refractivity contribution is -0.137. The van der Waals surface area contributed by atoms with Crippen molar-refractivity contribution in [2.75, 3.05) is 11.9 Å². The molecule has 0 atom stereocenters. The number of rotatable bonds is 6. The molecule has 0 fully saturated rings. The molecule has 0 aliphatic rings. The van der Waals surface area contributed by atoms with Crippen LogP contribution in [0.2, 0.25) is 0 Å². The van der Waals surface area contributed by atoms with E-state index >= 15 is 0 Å². The largest absolute Gasteiger partial charge is 0.463 e. The topological polar surface area (TPSA) is 86.1 Å². The standard InChI is InChI=1S/C19H18N4O3/c1-2-26-19(25)12-9-14-7-10-15(11-8-14)20-18(24)13-23-17-6-4-3-5-16(17)21-22-23/h3-12H,2,13H2,1H3,(H,20,24)/b12-9+. The summed E-state index contributed by atoms with van der Waals surface area (Å²) in [7, 11) is 0. The second kappa shape index (κ2) is 8.06. The quantitative estimate of drug-likeness (QED) is 0.545. The summed E-state index contributed by atoms with van der Waals surface area (Å²) in [5.41, 5.74) is 3.05. The highest BCUT2D eigenvalue weighted by atomic mass is 16.5. The molecule has 0 radical (unpaired) electrons. The van der Waals surface area contributed by atoms with Gasteiger partial charge in [-0.15, -0.1) is 5.10 Å². The van der Waals surface area contributed by atoms with Gasteiger partial charge in [-0.05, 0) is 42.8 Å². The molecule has 0 saturated carbocycles. The molecular formula is C19H18N4O3. The van der Waals surface area contributed by atoms with E-state index in [0.29, 0.717) is 12.3 Å². The minimum Gasteiger partial charge on any atom is -0.463 e. The molecule has 3 aromatic rings. The highest BCUT2D eigenvalue weighted by Gasteiger charge is 2.08. The average molecular weight is 350 g/mol. The van der Waals surface area contributed by atoms with E-state index in [4.69, 9.17) is 4.74 Å². The van der Waals surface area contributed by atoms with E-state index in [-0.39, 0.29) is 18.4 Å². The zero-order valence-electron chi connectivity index (χ0n) is 14.3. The van der Waals surface area contributed by atoms with Crippen molar-refractivity contribution in [2.24, 2.45) is 0 Å². The Labute approximate surface area is 150 Å². The number of hydrogen-bond acceptors (Lipinski definition) is 5. The number of ether oxygens (including phenoxy) is 1. The van der Waals surface area contributed by atoms with Crippen molar-refractivity contribution in [1.82, 2.24) is 15.0 Å². The third-order valence-electron chi connectivity index (χ3n) is 3.61. The maximum Gasteiger partial charge on any atom is 0.330 e. The fourth-order valence-corrected chi connectivity index (χ4v) is 2.40. The predicted molar refractivity (Wildman–Crippen MR) is 98.3 cm³/mol. The lowest BCUT2D eigenvalue weighted by Gasteiger charge is -2.06. The second-order valence-electron chi connectivity index (χ2n) is 5.49. The molecule has 0 unspecified atom stereocenters. The van der Waals surface area contributed by atoms with Gasteiger partial charge < -0.3 is 10.1 Å². The lowest BCUT2D eigenvalue weighted by atomic mass is 10.2. The van der Waals surface area contributed by atoms with Crippen LogP contribution in [0.5, 0.6) is 0 Å². The SMILES string of the molecule is CCOC(=O)/C=C/c1ccc(NC(=O)Cn2nnc3ccccc32)cc1. The molecule has 0 aliphatic heterocycles. The summed E-state index contributed by atoms with van der Waals surface area (Å²) < 4.78 is 6.38. The first kappa shape index (κ1) is 17.3. The number of amides is 1. The van der Waals surface area contributed by atoms with Crippen LogP contribution in [0.15, 0.2) is 54.6 Å². The fourth-order valence-electron chi connectivity index (χ4n) is 2.40. The molecule has 1 N–H and O–H groups in total. The van der Waals surface area contributed by atoms with Gasteiger partial charge in [-0.3, -0.25) is 4.79 Å². The number of esters is 1. The maximum atomic E-state index is 12.2. The van der Waals surface area contributed by atoms with Crippen LogP contribution in [-0.4, -0.2) is 33.5 Å². The molecule has 3 rings (SSSR count). The zero-order chi connectivity index (χ0) is 18.4. The molecule has 132 valence electrons. The number of carbonyl (C=O) groups excluding carboxylic acids is 2. The molecule has 1 aromatic heterocycles. The first-order chi connectivity index (χ1) is 12.7. The minimum absolute atomic E-state index is 0.0744. The smallest absolute Gasteiger partial charge is 0.330 e. The summed E-state index contributed by atoms with van der Waals surface area (Å²) in [5, 5.41) is 10.8. The number of benzene rings is 2. The molecular weight excluding hydrogens is 332 g/mol. The van der Waals surface area contributed by atoms with Crippen LogP contribution in [0.4, 0.5) is 5.69 Å². The molecule has 2 aromatic carbocycles. The summed E-state index contributed by atoms with van der Waals surface area (Å²) in [4.78, 5) is 23.5. The van der Waals surface area contributed by atoms with Gasteiger partial charge in [0.15, 0.2) is 0 Å². The third-order valence-corrected chi connectivity index (χ3v) is 3.61.